The van der Waals surface area contributed by atoms with Crippen LogP contribution in [0.15, 0.2) is 42.5 Å². The topological polar surface area (TPSA) is 20.2 Å². The first-order valence-electron chi connectivity index (χ1n) is 7.46. The van der Waals surface area contributed by atoms with Crippen LogP contribution in [0.3, 0.4) is 0 Å². The number of hydrogen-bond acceptors (Lipinski definition) is 1. The predicted molar refractivity (Wildman–Crippen MR) is 82.9 cm³/mol. The molecule has 1 unspecified atom stereocenters. The third-order valence-corrected chi connectivity index (χ3v) is 4.67. The molecule has 0 saturated heterocycles. The van der Waals surface area contributed by atoms with Gasteiger partial charge in [0.25, 0.3) is 0 Å². The van der Waals surface area contributed by atoms with Gasteiger partial charge in [0.05, 0.1) is 5.60 Å². The van der Waals surface area contributed by atoms with Crippen molar-refractivity contribution in [3.63, 3.8) is 0 Å². The van der Waals surface area contributed by atoms with Crippen LogP contribution in [0.5, 0.6) is 0 Å². The van der Waals surface area contributed by atoms with Crippen molar-refractivity contribution in [1.29, 1.82) is 0 Å². The van der Waals surface area contributed by atoms with E-state index in [-0.39, 0.29) is 0 Å². The number of aryl methyl sites for hydroxylation is 3. The summed E-state index contributed by atoms with van der Waals surface area (Å²) in [6.45, 7) is 4.28. The van der Waals surface area contributed by atoms with Gasteiger partial charge in [-0.15, -0.1) is 0 Å². The first-order chi connectivity index (χ1) is 9.60. The molecule has 1 heteroatoms. The van der Waals surface area contributed by atoms with Gasteiger partial charge >= 0.3 is 0 Å². The Labute approximate surface area is 121 Å². The fourth-order valence-corrected chi connectivity index (χ4v) is 3.50. The molecule has 2 aromatic carbocycles. The van der Waals surface area contributed by atoms with Crippen molar-refractivity contribution >= 4 is 0 Å². The molecular formula is C19H22O. The van der Waals surface area contributed by atoms with Crippen molar-refractivity contribution in [2.45, 2.75) is 45.1 Å². The molecule has 1 atom stereocenters. The largest absolute Gasteiger partial charge is 0.385 e. The van der Waals surface area contributed by atoms with Crippen molar-refractivity contribution in [2.75, 3.05) is 0 Å². The highest BCUT2D eigenvalue weighted by Crippen LogP contribution is 2.38. The second-order valence-corrected chi connectivity index (χ2v) is 6.09. The minimum atomic E-state index is -0.703. The first kappa shape index (κ1) is 13.4. The molecule has 1 N–H and O–H groups in total. The molecule has 0 spiro atoms. The second kappa shape index (κ2) is 5.06. The normalized spacial score (nSPS) is 21.6. The third-order valence-electron chi connectivity index (χ3n) is 4.67. The Morgan fingerprint density at radius 3 is 2.45 bits per heavy atom. The van der Waals surface area contributed by atoms with Crippen LogP contribution in [-0.2, 0) is 18.4 Å². The van der Waals surface area contributed by atoms with E-state index < -0.39 is 5.60 Å². The van der Waals surface area contributed by atoms with Crippen molar-refractivity contribution in [1.82, 2.24) is 0 Å². The van der Waals surface area contributed by atoms with Gasteiger partial charge in [-0.25, -0.2) is 0 Å². The highest BCUT2D eigenvalue weighted by molar-refractivity contribution is 5.40. The second-order valence-electron chi connectivity index (χ2n) is 6.09. The lowest BCUT2D eigenvalue weighted by atomic mass is 9.75. The molecule has 0 heterocycles. The van der Waals surface area contributed by atoms with Crippen LogP contribution in [-0.4, -0.2) is 5.11 Å². The van der Waals surface area contributed by atoms with Crippen molar-refractivity contribution in [2.24, 2.45) is 0 Å². The van der Waals surface area contributed by atoms with Gasteiger partial charge in [0.1, 0.15) is 0 Å². The van der Waals surface area contributed by atoms with Gasteiger partial charge in [0, 0.05) is 6.42 Å². The Kier molecular flexibility index (Phi) is 3.39. The van der Waals surface area contributed by atoms with Gasteiger partial charge < -0.3 is 5.11 Å². The third kappa shape index (κ3) is 2.27. The van der Waals surface area contributed by atoms with E-state index in [0.717, 1.165) is 31.2 Å². The van der Waals surface area contributed by atoms with Crippen LogP contribution in [0.25, 0.3) is 0 Å². The average molecular weight is 266 g/mol. The van der Waals surface area contributed by atoms with E-state index >= 15 is 0 Å². The molecule has 0 bridgehead atoms. The fraction of sp³-hybridized carbons (Fsp3) is 0.368. The molecule has 104 valence electrons. The number of aliphatic hydroxyl groups is 1. The first-order valence-corrected chi connectivity index (χ1v) is 7.46. The molecule has 0 aromatic heterocycles. The molecule has 1 nitrogen and oxygen atoms in total. The Balaban J connectivity index is 2.02. The lowest BCUT2D eigenvalue weighted by molar-refractivity contribution is 0.0187. The van der Waals surface area contributed by atoms with Crippen LogP contribution in [0, 0.1) is 13.8 Å². The zero-order chi connectivity index (χ0) is 14.2. The molecule has 1 aliphatic rings. The Hall–Kier alpha value is -1.60. The predicted octanol–water partition coefficient (Wildman–Crippen LogP) is 4.07. The molecule has 3 rings (SSSR count). The van der Waals surface area contributed by atoms with E-state index in [1.54, 1.807) is 0 Å². The maximum absolute atomic E-state index is 11.2. The van der Waals surface area contributed by atoms with Crippen LogP contribution < -0.4 is 0 Å². The average Bonchev–Trinajstić information content (AvgIpc) is 2.44. The Morgan fingerprint density at radius 2 is 1.70 bits per heavy atom. The lowest BCUT2D eigenvalue weighted by Crippen LogP contribution is -2.33. The van der Waals surface area contributed by atoms with E-state index in [1.165, 1.54) is 22.3 Å². The minimum absolute atomic E-state index is 0.703. The Morgan fingerprint density at radius 1 is 1.00 bits per heavy atom. The number of rotatable bonds is 2. The summed E-state index contributed by atoms with van der Waals surface area (Å²) in [5, 5.41) is 11.2. The summed E-state index contributed by atoms with van der Waals surface area (Å²) >= 11 is 0. The summed E-state index contributed by atoms with van der Waals surface area (Å²) in [4.78, 5) is 0. The molecular weight excluding hydrogens is 244 g/mol. The fourth-order valence-electron chi connectivity index (χ4n) is 3.50. The van der Waals surface area contributed by atoms with E-state index in [2.05, 4.69) is 50.2 Å². The van der Waals surface area contributed by atoms with Crippen molar-refractivity contribution in [3.8, 4) is 0 Å². The number of fused-ring (bicyclic) bond motifs is 1. The van der Waals surface area contributed by atoms with Gasteiger partial charge in [0.15, 0.2) is 0 Å². The summed E-state index contributed by atoms with van der Waals surface area (Å²) in [5.41, 5.74) is 5.60. The van der Waals surface area contributed by atoms with Gasteiger partial charge in [-0.2, -0.15) is 0 Å². The van der Waals surface area contributed by atoms with Gasteiger partial charge in [-0.1, -0.05) is 42.5 Å². The molecule has 2 aromatic rings. The van der Waals surface area contributed by atoms with Crippen molar-refractivity contribution in [3.05, 3.63) is 70.3 Å². The van der Waals surface area contributed by atoms with Gasteiger partial charge in [0.2, 0.25) is 0 Å². The van der Waals surface area contributed by atoms with E-state index in [4.69, 9.17) is 0 Å². The molecule has 0 fully saturated rings. The monoisotopic (exact) mass is 266 g/mol. The van der Waals surface area contributed by atoms with Crippen LogP contribution >= 0.6 is 0 Å². The highest BCUT2D eigenvalue weighted by Gasteiger charge is 2.34. The smallest absolute Gasteiger partial charge is 0.0939 e. The lowest BCUT2D eigenvalue weighted by Gasteiger charge is -2.35. The van der Waals surface area contributed by atoms with Crippen LogP contribution in [0.2, 0.25) is 0 Å². The Bertz CT molecular complexity index is 609. The SMILES string of the molecule is Cc1cccc(C)c1CC1(O)CCCc2ccccc21. The van der Waals surface area contributed by atoms with Crippen molar-refractivity contribution < 1.29 is 5.11 Å². The summed E-state index contributed by atoms with van der Waals surface area (Å²) in [6, 6.07) is 14.7. The van der Waals surface area contributed by atoms with E-state index in [0.29, 0.717) is 0 Å². The number of hydrogen-bond donors (Lipinski definition) is 1. The molecule has 0 saturated carbocycles. The summed E-state index contributed by atoms with van der Waals surface area (Å²) in [6.07, 6.45) is 3.74. The number of benzene rings is 2. The van der Waals surface area contributed by atoms with E-state index in [1.807, 2.05) is 6.07 Å². The van der Waals surface area contributed by atoms with Gasteiger partial charge in [-0.3, -0.25) is 0 Å². The minimum Gasteiger partial charge on any atom is -0.385 e. The quantitative estimate of drug-likeness (QED) is 0.868. The van der Waals surface area contributed by atoms with Crippen LogP contribution in [0.4, 0.5) is 0 Å². The zero-order valence-electron chi connectivity index (χ0n) is 12.3. The molecule has 20 heavy (non-hydrogen) atoms. The molecule has 1 aliphatic carbocycles. The molecule has 0 aliphatic heterocycles. The summed E-state index contributed by atoms with van der Waals surface area (Å²) in [7, 11) is 0. The van der Waals surface area contributed by atoms with Gasteiger partial charge in [-0.05, 0) is 60.9 Å². The van der Waals surface area contributed by atoms with E-state index in [9.17, 15) is 5.11 Å². The highest BCUT2D eigenvalue weighted by atomic mass is 16.3. The maximum Gasteiger partial charge on any atom is 0.0939 e. The standard InChI is InChI=1S/C19H22O/c1-14-7-5-8-15(2)17(14)13-19(20)12-6-10-16-9-3-4-11-18(16)19/h3-5,7-9,11,20H,6,10,12-13H2,1-2H3. The summed E-state index contributed by atoms with van der Waals surface area (Å²) in [5.74, 6) is 0. The van der Waals surface area contributed by atoms with Crippen LogP contribution in [0.1, 0.15) is 40.7 Å². The molecule has 0 amide bonds. The molecule has 0 radical (unpaired) electrons. The summed E-state index contributed by atoms with van der Waals surface area (Å²) < 4.78 is 0. The zero-order valence-corrected chi connectivity index (χ0v) is 12.3. The maximum atomic E-state index is 11.2.